The molecule has 0 saturated carbocycles. The molecule has 0 bridgehead atoms. The van der Waals surface area contributed by atoms with Gasteiger partial charge in [0.1, 0.15) is 0 Å². The number of nitrogens with one attached hydrogen (secondary N) is 3. The Morgan fingerprint density at radius 3 is 2.44 bits per heavy atom. The van der Waals surface area contributed by atoms with Crippen LogP contribution in [-0.2, 0) is 10.0 Å². The highest BCUT2D eigenvalue weighted by atomic mass is 32.2. The fraction of sp³-hybridized carbons (Fsp3) is 0. The fourth-order valence-electron chi connectivity index (χ4n) is 2.25. The Morgan fingerprint density at radius 1 is 1.08 bits per heavy atom. The average Bonchev–Trinajstić information content (AvgIpc) is 3.04. The van der Waals surface area contributed by atoms with Gasteiger partial charge in [-0.15, -0.1) is 4.83 Å². The third-order valence-electron chi connectivity index (χ3n) is 3.49. The molecule has 1 amide bonds. The van der Waals surface area contributed by atoms with Gasteiger partial charge in [0, 0.05) is 29.2 Å². The van der Waals surface area contributed by atoms with Crippen LogP contribution in [0.3, 0.4) is 0 Å². The second-order valence-electron chi connectivity index (χ2n) is 5.06. The third kappa shape index (κ3) is 3.34. The molecule has 0 fully saturated rings. The number of amides is 1. The number of para-hydroxylation sites is 1. The molecule has 25 heavy (non-hydrogen) atoms. The number of hydrogen-bond donors (Lipinski definition) is 3. The van der Waals surface area contributed by atoms with E-state index in [-0.39, 0.29) is 16.1 Å². The number of carbonyl (C=O) groups is 1. The molecule has 0 aliphatic rings. The van der Waals surface area contributed by atoms with Crippen LogP contribution in [0.15, 0.2) is 59.6 Å². The van der Waals surface area contributed by atoms with E-state index >= 15 is 0 Å². The van der Waals surface area contributed by atoms with Crippen molar-refractivity contribution in [3.05, 3.63) is 70.4 Å². The summed E-state index contributed by atoms with van der Waals surface area (Å²) in [5.74, 6) is -0.636. The monoisotopic (exact) mass is 360 g/mol. The van der Waals surface area contributed by atoms with E-state index in [4.69, 9.17) is 0 Å². The van der Waals surface area contributed by atoms with Crippen LogP contribution in [0.25, 0.3) is 10.9 Å². The van der Waals surface area contributed by atoms with Gasteiger partial charge in [0.05, 0.1) is 15.4 Å². The van der Waals surface area contributed by atoms with E-state index in [1.807, 2.05) is 4.83 Å². The lowest BCUT2D eigenvalue weighted by molar-refractivity contribution is -0.384. The van der Waals surface area contributed by atoms with Crippen molar-refractivity contribution < 1.29 is 18.1 Å². The molecule has 0 aliphatic carbocycles. The van der Waals surface area contributed by atoms with Crippen molar-refractivity contribution in [2.75, 3.05) is 0 Å². The van der Waals surface area contributed by atoms with Crippen LogP contribution < -0.4 is 10.3 Å². The molecule has 3 N–H and O–H groups in total. The van der Waals surface area contributed by atoms with E-state index in [0.29, 0.717) is 5.39 Å². The minimum Gasteiger partial charge on any atom is -0.360 e. The molecular formula is C15H12N4O5S. The smallest absolute Gasteiger partial charge is 0.269 e. The highest BCUT2D eigenvalue weighted by Crippen LogP contribution is 2.18. The first-order valence-electron chi connectivity index (χ1n) is 7.01. The Bertz CT molecular complexity index is 1060. The predicted octanol–water partition coefficient (Wildman–Crippen LogP) is 1.70. The third-order valence-corrected chi connectivity index (χ3v) is 4.75. The Hall–Kier alpha value is -3.24. The molecule has 9 nitrogen and oxygen atoms in total. The lowest BCUT2D eigenvalue weighted by Crippen LogP contribution is -2.41. The maximum absolute atomic E-state index is 12.2. The van der Waals surface area contributed by atoms with Crippen LogP contribution in [0, 0.1) is 10.1 Å². The van der Waals surface area contributed by atoms with Gasteiger partial charge in [-0.25, -0.2) is 8.42 Å². The molecule has 10 heteroatoms. The highest BCUT2D eigenvalue weighted by Gasteiger charge is 2.18. The average molecular weight is 360 g/mol. The lowest BCUT2D eigenvalue weighted by Gasteiger charge is -2.08. The Labute approximate surface area is 141 Å². The van der Waals surface area contributed by atoms with E-state index in [2.05, 4.69) is 10.4 Å². The summed E-state index contributed by atoms with van der Waals surface area (Å²) in [6, 6.07) is 11.4. The second kappa shape index (κ2) is 6.34. The molecule has 0 unspecified atom stereocenters. The number of nitro benzene ring substituents is 1. The number of hydrazine groups is 1. The normalized spacial score (nSPS) is 11.4. The maximum atomic E-state index is 12.2. The molecular weight excluding hydrogens is 348 g/mol. The number of sulfonamides is 1. The first kappa shape index (κ1) is 16.6. The quantitative estimate of drug-likeness (QED) is 0.470. The first-order valence-corrected chi connectivity index (χ1v) is 8.49. The number of carbonyl (C=O) groups excluding carboxylic acids is 1. The molecule has 1 heterocycles. The van der Waals surface area contributed by atoms with Gasteiger partial charge in [0.15, 0.2) is 0 Å². The van der Waals surface area contributed by atoms with E-state index in [1.54, 1.807) is 24.3 Å². The number of nitro groups is 1. The molecule has 2 aromatic carbocycles. The number of hydrogen-bond acceptors (Lipinski definition) is 5. The molecule has 0 saturated heterocycles. The molecule has 128 valence electrons. The minimum absolute atomic E-state index is 0.211. The van der Waals surface area contributed by atoms with E-state index in [1.165, 1.54) is 6.20 Å². The zero-order valence-corrected chi connectivity index (χ0v) is 13.4. The van der Waals surface area contributed by atoms with Gasteiger partial charge in [-0.1, -0.05) is 18.2 Å². The van der Waals surface area contributed by atoms with Crippen molar-refractivity contribution >= 4 is 32.5 Å². The maximum Gasteiger partial charge on any atom is 0.269 e. The molecule has 3 rings (SSSR count). The lowest BCUT2D eigenvalue weighted by atomic mass is 10.2. The molecule has 0 atom stereocenters. The summed E-state index contributed by atoms with van der Waals surface area (Å²) in [7, 11) is -4.06. The zero-order valence-electron chi connectivity index (χ0n) is 12.6. The van der Waals surface area contributed by atoms with E-state index in [9.17, 15) is 23.3 Å². The summed E-state index contributed by atoms with van der Waals surface area (Å²) >= 11 is 0. The Kier molecular flexibility index (Phi) is 4.21. The summed E-state index contributed by atoms with van der Waals surface area (Å²) in [6.45, 7) is 0. The van der Waals surface area contributed by atoms with E-state index < -0.39 is 20.9 Å². The number of H-pyrrole nitrogens is 1. The summed E-state index contributed by atoms with van der Waals surface area (Å²) in [4.78, 5) is 26.8. The van der Waals surface area contributed by atoms with Crippen LogP contribution in [0.4, 0.5) is 5.69 Å². The topological polar surface area (TPSA) is 134 Å². The number of nitrogens with zero attached hydrogens (tertiary/aromatic N) is 1. The molecule has 0 spiro atoms. The van der Waals surface area contributed by atoms with Crippen LogP contribution >= 0.6 is 0 Å². The van der Waals surface area contributed by atoms with E-state index in [0.717, 1.165) is 29.8 Å². The molecule has 3 aromatic rings. The van der Waals surface area contributed by atoms with Crippen molar-refractivity contribution in [1.29, 1.82) is 0 Å². The van der Waals surface area contributed by atoms with Crippen LogP contribution in [0.1, 0.15) is 10.4 Å². The number of aromatic amines is 1. The minimum atomic E-state index is -4.06. The molecule has 0 aliphatic heterocycles. The highest BCUT2D eigenvalue weighted by molar-refractivity contribution is 7.89. The van der Waals surface area contributed by atoms with Gasteiger partial charge < -0.3 is 4.98 Å². The first-order chi connectivity index (χ1) is 11.9. The van der Waals surface area contributed by atoms with Crippen molar-refractivity contribution in [3.8, 4) is 0 Å². The molecule has 1 aromatic heterocycles. The van der Waals surface area contributed by atoms with Gasteiger partial charge in [0.25, 0.3) is 21.6 Å². The number of fused-ring (bicyclic) bond motifs is 1. The zero-order chi connectivity index (χ0) is 18.0. The van der Waals surface area contributed by atoms with Gasteiger partial charge in [-0.3, -0.25) is 20.3 Å². The fourth-order valence-corrected chi connectivity index (χ4v) is 3.09. The number of benzene rings is 2. The Balaban J connectivity index is 1.75. The Morgan fingerprint density at radius 2 is 1.76 bits per heavy atom. The second-order valence-corrected chi connectivity index (χ2v) is 6.74. The summed E-state index contributed by atoms with van der Waals surface area (Å²) in [6.07, 6.45) is 1.47. The standard InChI is InChI=1S/C15H12N4O5S/c20-15(13-9-16-14-4-2-1-3-12(13)14)17-18-25(23,24)11-7-5-10(6-8-11)19(21)22/h1-9,16,18H,(H,17,20). The van der Waals surface area contributed by atoms with Crippen LogP contribution in [-0.4, -0.2) is 24.2 Å². The van der Waals surface area contributed by atoms with Gasteiger partial charge in [-0.05, 0) is 18.2 Å². The summed E-state index contributed by atoms with van der Waals surface area (Å²) < 4.78 is 24.3. The van der Waals surface area contributed by atoms with Crippen molar-refractivity contribution in [3.63, 3.8) is 0 Å². The SMILES string of the molecule is O=C(NNS(=O)(=O)c1ccc([N+](=O)[O-])cc1)c1c[nH]c2ccccc12. The van der Waals surface area contributed by atoms with Crippen LogP contribution in [0.2, 0.25) is 0 Å². The van der Waals surface area contributed by atoms with Gasteiger partial charge in [0.2, 0.25) is 0 Å². The molecule has 0 radical (unpaired) electrons. The van der Waals surface area contributed by atoms with Gasteiger partial charge >= 0.3 is 0 Å². The number of non-ortho nitro benzene ring substituents is 1. The van der Waals surface area contributed by atoms with Crippen LogP contribution in [0.5, 0.6) is 0 Å². The van der Waals surface area contributed by atoms with Crippen molar-refractivity contribution in [1.82, 2.24) is 15.2 Å². The number of aromatic nitrogens is 1. The number of rotatable bonds is 5. The van der Waals surface area contributed by atoms with Crippen molar-refractivity contribution in [2.45, 2.75) is 4.90 Å². The summed E-state index contributed by atoms with van der Waals surface area (Å²) in [5.41, 5.74) is 2.91. The summed E-state index contributed by atoms with van der Waals surface area (Å²) in [5, 5.41) is 11.2. The predicted molar refractivity (Wildman–Crippen MR) is 89.2 cm³/mol. The van der Waals surface area contributed by atoms with Crippen molar-refractivity contribution in [2.24, 2.45) is 0 Å². The largest absolute Gasteiger partial charge is 0.360 e. The van der Waals surface area contributed by atoms with Gasteiger partial charge in [-0.2, -0.15) is 0 Å².